The van der Waals surface area contributed by atoms with Gasteiger partial charge >= 0.3 is 0 Å². The number of nitrogens with zero attached hydrogens (tertiary/aromatic N) is 3. The molecule has 110 valence electrons. The van der Waals surface area contributed by atoms with E-state index < -0.39 is 0 Å². The lowest BCUT2D eigenvalue weighted by atomic mass is 10.4. The first-order chi connectivity index (χ1) is 9.86. The molecule has 2 heterocycles. The Labute approximate surface area is 127 Å². The smallest absolute Gasteiger partial charge is 0.191 e. The average Bonchev–Trinajstić information content (AvgIpc) is 3.09. The highest BCUT2D eigenvalue weighted by Gasteiger charge is 2.14. The largest absolute Gasteiger partial charge is 0.385 e. The van der Waals surface area contributed by atoms with E-state index in [0.29, 0.717) is 6.61 Å². The van der Waals surface area contributed by atoms with Crippen LogP contribution in [0.25, 0.3) is 10.7 Å². The highest BCUT2D eigenvalue weighted by Crippen LogP contribution is 2.27. The van der Waals surface area contributed by atoms with Crippen LogP contribution in [0.3, 0.4) is 0 Å². The van der Waals surface area contributed by atoms with Crippen molar-refractivity contribution in [1.82, 2.24) is 14.8 Å². The van der Waals surface area contributed by atoms with Crippen LogP contribution in [0.1, 0.15) is 6.42 Å². The molecule has 0 saturated carbocycles. The number of methoxy groups -OCH3 is 2. The van der Waals surface area contributed by atoms with Gasteiger partial charge in [-0.25, -0.2) is 0 Å². The zero-order chi connectivity index (χ0) is 14.2. The second kappa shape index (κ2) is 8.41. The molecule has 0 aliphatic carbocycles. The van der Waals surface area contributed by atoms with Gasteiger partial charge in [0.15, 0.2) is 11.0 Å². The summed E-state index contributed by atoms with van der Waals surface area (Å²) in [5.74, 6) is 1.82. The normalized spacial score (nSPS) is 11.1. The number of rotatable bonds is 9. The lowest BCUT2D eigenvalue weighted by Gasteiger charge is -2.08. The van der Waals surface area contributed by atoms with Crippen molar-refractivity contribution in [3.8, 4) is 10.7 Å². The average molecular weight is 313 g/mol. The summed E-state index contributed by atoms with van der Waals surface area (Å²) >= 11 is 3.36. The van der Waals surface area contributed by atoms with E-state index in [2.05, 4.69) is 26.2 Å². The second-order valence-corrected chi connectivity index (χ2v) is 6.13. The van der Waals surface area contributed by atoms with Crippen LogP contribution in [0.5, 0.6) is 0 Å². The van der Waals surface area contributed by atoms with Crippen molar-refractivity contribution in [2.45, 2.75) is 18.1 Å². The zero-order valence-corrected chi connectivity index (χ0v) is 13.4. The Morgan fingerprint density at radius 1 is 1.25 bits per heavy atom. The Kier molecular flexibility index (Phi) is 6.52. The zero-order valence-electron chi connectivity index (χ0n) is 11.7. The molecule has 0 atom stereocenters. The van der Waals surface area contributed by atoms with E-state index >= 15 is 0 Å². The van der Waals surface area contributed by atoms with E-state index in [4.69, 9.17) is 9.47 Å². The van der Waals surface area contributed by atoms with Gasteiger partial charge in [-0.15, -0.1) is 21.5 Å². The van der Waals surface area contributed by atoms with Gasteiger partial charge in [-0.05, 0) is 17.9 Å². The highest BCUT2D eigenvalue weighted by molar-refractivity contribution is 7.99. The van der Waals surface area contributed by atoms with Gasteiger partial charge in [0.1, 0.15) is 0 Å². The minimum atomic E-state index is 0.712. The van der Waals surface area contributed by atoms with Gasteiger partial charge < -0.3 is 14.0 Å². The SMILES string of the molecule is COCCCn1c(SCCOC)nnc1-c1cccs1. The number of hydrogen-bond acceptors (Lipinski definition) is 6. The van der Waals surface area contributed by atoms with Gasteiger partial charge in [0, 0.05) is 33.1 Å². The van der Waals surface area contributed by atoms with Crippen LogP contribution >= 0.6 is 23.1 Å². The summed E-state index contributed by atoms with van der Waals surface area (Å²) in [6.07, 6.45) is 0.949. The van der Waals surface area contributed by atoms with Gasteiger partial charge in [0.05, 0.1) is 11.5 Å². The monoisotopic (exact) mass is 313 g/mol. The molecule has 20 heavy (non-hydrogen) atoms. The van der Waals surface area contributed by atoms with Crippen LogP contribution in [-0.2, 0) is 16.0 Å². The van der Waals surface area contributed by atoms with Crippen molar-refractivity contribution in [1.29, 1.82) is 0 Å². The molecule has 2 rings (SSSR count). The molecule has 0 aliphatic rings. The predicted octanol–water partition coefficient (Wildman–Crippen LogP) is 2.78. The molecule has 2 aromatic heterocycles. The molecule has 0 bridgehead atoms. The lowest BCUT2D eigenvalue weighted by molar-refractivity contribution is 0.189. The predicted molar refractivity (Wildman–Crippen MR) is 82.4 cm³/mol. The fraction of sp³-hybridized carbons (Fsp3) is 0.538. The Balaban J connectivity index is 2.14. The van der Waals surface area contributed by atoms with E-state index in [1.165, 1.54) is 0 Å². The third kappa shape index (κ3) is 4.05. The molecule has 5 nitrogen and oxygen atoms in total. The summed E-state index contributed by atoms with van der Waals surface area (Å²) < 4.78 is 12.4. The minimum Gasteiger partial charge on any atom is -0.385 e. The standard InChI is InChI=1S/C13H19N3O2S2/c1-17-7-4-6-16-12(11-5-3-9-19-11)14-15-13(16)20-10-8-18-2/h3,5,9H,4,6-8,10H2,1-2H3. The van der Waals surface area contributed by atoms with Crippen molar-refractivity contribution in [2.75, 3.05) is 33.2 Å². The maximum absolute atomic E-state index is 5.13. The summed E-state index contributed by atoms with van der Waals surface area (Å²) in [5.41, 5.74) is 0. The van der Waals surface area contributed by atoms with Gasteiger partial charge in [0.2, 0.25) is 0 Å². The van der Waals surface area contributed by atoms with Crippen LogP contribution < -0.4 is 0 Å². The molecular formula is C13H19N3O2S2. The topological polar surface area (TPSA) is 49.2 Å². The van der Waals surface area contributed by atoms with E-state index in [1.54, 1.807) is 37.3 Å². The van der Waals surface area contributed by atoms with Crippen LogP contribution in [0.4, 0.5) is 0 Å². The van der Waals surface area contributed by atoms with Crippen molar-refractivity contribution in [3.05, 3.63) is 17.5 Å². The molecule has 0 aromatic carbocycles. The molecule has 2 aromatic rings. The summed E-state index contributed by atoms with van der Waals surface area (Å²) in [7, 11) is 3.43. The van der Waals surface area contributed by atoms with Gasteiger partial charge in [-0.2, -0.15) is 0 Å². The molecule has 0 radical (unpaired) electrons. The summed E-state index contributed by atoms with van der Waals surface area (Å²) in [4.78, 5) is 1.15. The van der Waals surface area contributed by atoms with E-state index in [0.717, 1.165) is 41.2 Å². The molecule has 0 N–H and O–H groups in total. The van der Waals surface area contributed by atoms with Crippen LogP contribution in [-0.4, -0.2) is 48.0 Å². The fourth-order valence-corrected chi connectivity index (χ4v) is 3.35. The van der Waals surface area contributed by atoms with Crippen LogP contribution in [0.15, 0.2) is 22.7 Å². The first kappa shape index (κ1) is 15.5. The van der Waals surface area contributed by atoms with Crippen LogP contribution in [0.2, 0.25) is 0 Å². The summed E-state index contributed by atoms with van der Waals surface area (Å²) in [6.45, 7) is 2.32. The maximum Gasteiger partial charge on any atom is 0.191 e. The molecular weight excluding hydrogens is 294 g/mol. The number of thioether (sulfide) groups is 1. The molecule has 0 unspecified atom stereocenters. The van der Waals surface area contributed by atoms with Crippen LogP contribution in [0, 0.1) is 0 Å². The third-order valence-electron chi connectivity index (χ3n) is 2.71. The Bertz CT molecular complexity index is 500. The Morgan fingerprint density at radius 2 is 2.10 bits per heavy atom. The third-order valence-corrected chi connectivity index (χ3v) is 4.50. The summed E-state index contributed by atoms with van der Waals surface area (Å²) in [5, 5.41) is 11.6. The molecule has 0 spiro atoms. The van der Waals surface area contributed by atoms with Crippen molar-refractivity contribution in [2.24, 2.45) is 0 Å². The minimum absolute atomic E-state index is 0.712. The fourth-order valence-electron chi connectivity index (χ4n) is 1.77. The first-order valence-electron chi connectivity index (χ1n) is 6.44. The quantitative estimate of drug-likeness (QED) is 0.526. The number of hydrogen-bond donors (Lipinski definition) is 0. The molecule has 0 amide bonds. The first-order valence-corrected chi connectivity index (χ1v) is 8.31. The van der Waals surface area contributed by atoms with E-state index in [1.807, 2.05) is 6.07 Å². The lowest BCUT2D eigenvalue weighted by Crippen LogP contribution is -2.05. The van der Waals surface area contributed by atoms with Crippen molar-refractivity contribution >= 4 is 23.1 Å². The number of thiophene rings is 1. The molecule has 0 saturated heterocycles. The second-order valence-electron chi connectivity index (χ2n) is 4.12. The van der Waals surface area contributed by atoms with Gasteiger partial charge in [0.25, 0.3) is 0 Å². The van der Waals surface area contributed by atoms with E-state index in [-0.39, 0.29) is 0 Å². The number of aromatic nitrogens is 3. The van der Waals surface area contributed by atoms with Crippen molar-refractivity contribution < 1.29 is 9.47 Å². The van der Waals surface area contributed by atoms with Crippen molar-refractivity contribution in [3.63, 3.8) is 0 Å². The van der Waals surface area contributed by atoms with E-state index in [9.17, 15) is 0 Å². The highest BCUT2D eigenvalue weighted by atomic mass is 32.2. The Hall–Kier alpha value is -0.890. The summed E-state index contributed by atoms with van der Waals surface area (Å²) in [6, 6.07) is 4.11. The van der Waals surface area contributed by atoms with Gasteiger partial charge in [-0.3, -0.25) is 0 Å². The molecule has 0 fully saturated rings. The molecule has 7 heteroatoms. The Morgan fingerprint density at radius 3 is 2.80 bits per heavy atom. The van der Waals surface area contributed by atoms with Gasteiger partial charge in [-0.1, -0.05) is 17.8 Å². The maximum atomic E-state index is 5.13. The number of ether oxygens (including phenoxy) is 2. The molecule has 0 aliphatic heterocycles.